The van der Waals surface area contributed by atoms with Crippen LogP contribution in [0.15, 0.2) is 83.8 Å². The molecule has 3 aromatic rings. The van der Waals surface area contributed by atoms with Gasteiger partial charge in [0, 0.05) is 9.26 Å². The van der Waals surface area contributed by atoms with Gasteiger partial charge in [0.25, 0.3) is 0 Å². The smallest absolute Gasteiger partial charge is 0.235 e. The van der Waals surface area contributed by atoms with E-state index in [1.807, 2.05) is 43.3 Å². The number of aryl methyl sites for hydroxylation is 1. The summed E-state index contributed by atoms with van der Waals surface area (Å²) in [5.74, 6) is -0.689. The Balaban J connectivity index is 2.00. The molecule has 0 saturated heterocycles. The van der Waals surface area contributed by atoms with Crippen LogP contribution in [0.3, 0.4) is 0 Å². The van der Waals surface area contributed by atoms with Gasteiger partial charge in [-0.3, -0.25) is 4.79 Å². The fraction of sp³-hybridized carbons (Fsp3) is 0.174. The lowest BCUT2D eigenvalue weighted by Crippen LogP contribution is -2.43. The molecular weight excluding hydrogens is 497 g/mol. The molecule has 150 valence electrons. The fourth-order valence-corrected chi connectivity index (χ4v) is 5.25. The van der Waals surface area contributed by atoms with Crippen LogP contribution in [0.2, 0.25) is 0 Å². The molecule has 0 aromatic heterocycles. The highest BCUT2D eigenvalue weighted by molar-refractivity contribution is 14.1. The van der Waals surface area contributed by atoms with E-state index in [9.17, 15) is 13.2 Å². The van der Waals surface area contributed by atoms with E-state index in [-0.39, 0.29) is 16.6 Å². The standard InChI is InChI=1S/C23H22INO3S/c1-17-8-10-18(11-9-17)23(2,16-29(27,28)21-6-4-3-5-7-21)22(26)25-20-14-12-19(24)13-15-20/h3-15H,16H2,1-2H3,(H,25,26)/t23-/m1/s1. The van der Waals surface area contributed by atoms with E-state index in [1.165, 1.54) is 0 Å². The van der Waals surface area contributed by atoms with Crippen molar-refractivity contribution in [2.75, 3.05) is 11.1 Å². The van der Waals surface area contributed by atoms with Crippen molar-refractivity contribution in [3.63, 3.8) is 0 Å². The summed E-state index contributed by atoms with van der Waals surface area (Å²) in [4.78, 5) is 13.5. The summed E-state index contributed by atoms with van der Waals surface area (Å²) in [5, 5.41) is 2.89. The number of anilines is 1. The Morgan fingerprint density at radius 1 is 0.931 bits per heavy atom. The third-order valence-corrected chi connectivity index (χ3v) is 7.54. The number of halogens is 1. The van der Waals surface area contributed by atoms with Gasteiger partial charge in [-0.15, -0.1) is 0 Å². The largest absolute Gasteiger partial charge is 0.325 e. The molecule has 1 amide bonds. The van der Waals surface area contributed by atoms with Gasteiger partial charge in [0.05, 0.1) is 16.1 Å². The van der Waals surface area contributed by atoms with Crippen LogP contribution in [0.5, 0.6) is 0 Å². The second-order valence-corrected chi connectivity index (χ2v) is 10.5. The number of amides is 1. The molecule has 0 saturated carbocycles. The Morgan fingerprint density at radius 2 is 1.52 bits per heavy atom. The lowest BCUT2D eigenvalue weighted by molar-refractivity contribution is -0.120. The van der Waals surface area contributed by atoms with Crippen molar-refractivity contribution in [2.45, 2.75) is 24.2 Å². The van der Waals surface area contributed by atoms with Gasteiger partial charge in [-0.2, -0.15) is 0 Å². The molecule has 3 aromatic carbocycles. The van der Waals surface area contributed by atoms with Crippen LogP contribution < -0.4 is 5.32 Å². The summed E-state index contributed by atoms with van der Waals surface area (Å²) in [7, 11) is -3.68. The topological polar surface area (TPSA) is 63.2 Å². The Morgan fingerprint density at radius 3 is 2.10 bits per heavy atom. The van der Waals surface area contributed by atoms with Crippen LogP contribution in [-0.2, 0) is 20.0 Å². The molecule has 0 heterocycles. The number of carbonyl (C=O) groups is 1. The highest BCUT2D eigenvalue weighted by atomic mass is 127. The summed E-state index contributed by atoms with van der Waals surface area (Å²) in [5.41, 5.74) is 1.07. The van der Waals surface area contributed by atoms with Crippen LogP contribution in [0, 0.1) is 10.5 Å². The van der Waals surface area contributed by atoms with Crippen molar-refractivity contribution < 1.29 is 13.2 Å². The van der Waals surface area contributed by atoms with Crippen LogP contribution in [0.1, 0.15) is 18.1 Å². The van der Waals surface area contributed by atoms with Gasteiger partial charge in [0.1, 0.15) is 0 Å². The van der Waals surface area contributed by atoms with Gasteiger partial charge in [0.15, 0.2) is 9.84 Å². The summed E-state index contributed by atoms with van der Waals surface area (Å²) in [6.07, 6.45) is 0. The summed E-state index contributed by atoms with van der Waals surface area (Å²) < 4.78 is 27.3. The van der Waals surface area contributed by atoms with E-state index in [0.29, 0.717) is 11.3 Å². The maximum Gasteiger partial charge on any atom is 0.235 e. The zero-order chi connectivity index (χ0) is 21.1. The van der Waals surface area contributed by atoms with Crippen LogP contribution in [0.4, 0.5) is 5.69 Å². The molecular formula is C23H22INO3S. The van der Waals surface area contributed by atoms with Crippen molar-refractivity contribution in [1.82, 2.24) is 0 Å². The molecule has 0 unspecified atom stereocenters. The Hall–Kier alpha value is -2.19. The molecule has 0 aliphatic heterocycles. The predicted octanol–water partition coefficient (Wildman–Crippen LogP) is 4.97. The minimum Gasteiger partial charge on any atom is -0.325 e. The first kappa shape index (κ1) is 21.5. The second kappa shape index (κ2) is 8.67. The maximum absolute atomic E-state index is 13.3. The van der Waals surface area contributed by atoms with Gasteiger partial charge >= 0.3 is 0 Å². The Kier molecular flexibility index (Phi) is 6.43. The minimum absolute atomic E-state index is 0.209. The number of sulfone groups is 1. The van der Waals surface area contributed by atoms with Crippen molar-refractivity contribution >= 4 is 44.0 Å². The summed E-state index contributed by atoms with van der Waals surface area (Å²) in [6.45, 7) is 3.63. The molecule has 0 fully saturated rings. The van der Waals surface area contributed by atoms with E-state index >= 15 is 0 Å². The van der Waals surface area contributed by atoms with Crippen LogP contribution >= 0.6 is 22.6 Å². The van der Waals surface area contributed by atoms with Crippen molar-refractivity contribution in [3.05, 3.63) is 93.6 Å². The molecule has 1 atom stereocenters. The predicted molar refractivity (Wildman–Crippen MR) is 125 cm³/mol. The lowest BCUT2D eigenvalue weighted by Gasteiger charge is -2.29. The highest BCUT2D eigenvalue weighted by Crippen LogP contribution is 2.30. The zero-order valence-corrected chi connectivity index (χ0v) is 19.2. The molecule has 0 spiro atoms. The van der Waals surface area contributed by atoms with Gasteiger partial charge in [-0.25, -0.2) is 8.42 Å². The van der Waals surface area contributed by atoms with E-state index < -0.39 is 15.3 Å². The summed E-state index contributed by atoms with van der Waals surface area (Å²) >= 11 is 2.19. The first-order chi connectivity index (χ1) is 13.7. The van der Waals surface area contributed by atoms with Crippen molar-refractivity contribution in [2.24, 2.45) is 0 Å². The monoisotopic (exact) mass is 519 g/mol. The molecule has 3 rings (SSSR count). The summed E-state index contributed by atoms with van der Waals surface area (Å²) in [6, 6.07) is 23.1. The number of carbonyl (C=O) groups excluding carboxylic acids is 1. The Labute approximate surface area is 185 Å². The molecule has 29 heavy (non-hydrogen) atoms. The van der Waals surface area contributed by atoms with Crippen LogP contribution in [-0.4, -0.2) is 20.1 Å². The number of benzene rings is 3. The number of rotatable bonds is 6. The third-order valence-electron chi connectivity index (χ3n) is 4.87. The minimum atomic E-state index is -3.68. The Bertz CT molecular complexity index is 1100. The van der Waals surface area contributed by atoms with E-state index in [1.54, 1.807) is 49.4 Å². The van der Waals surface area contributed by atoms with Gasteiger partial charge in [0.2, 0.25) is 5.91 Å². The van der Waals surface area contributed by atoms with Gasteiger partial charge < -0.3 is 5.32 Å². The number of nitrogens with one attached hydrogen (secondary N) is 1. The second-order valence-electron chi connectivity index (χ2n) is 7.23. The SMILES string of the molecule is Cc1ccc([C@@](C)(CS(=O)(=O)c2ccccc2)C(=O)Nc2ccc(I)cc2)cc1. The van der Waals surface area contributed by atoms with E-state index in [4.69, 9.17) is 0 Å². The van der Waals surface area contributed by atoms with Gasteiger partial charge in [-0.1, -0.05) is 48.0 Å². The lowest BCUT2D eigenvalue weighted by atomic mass is 9.83. The highest BCUT2D eigenvalue weighted by Gasteiger charge is 2.40. The van der Waals surface area contributed by atoms with Crippen LogP contribution in [0.25, 0.3) is 0 Å². The van der Waals surface area contributed by atoms with Gasteiger partial charge in [-0.05, 0) is 78.4 Å². The zero-order valence-electron chi connectivity index (χ0n) is 16.2. The molecule has 4 nitrogen and oxygen atoms in total. The van der Waals surface area contributed by atoms with E-state index in [0.717, 1.165) is 9.13 Å². The quantitative estimate of drug-likeness (QED) is 0.468. The number of hydrogen-bond donors (Lipinski definition) is 1. The molecule has 0 aliphatic rings. The normalized spacial score (nSPS) is 13.5. The molecule has 6 heteroatoms. The molecule has 0 aliphatic carbocycles. The molecule has 1 N–H and O–H groups in total. The third kappa shape index (κ3) is 5.05. The average Bonchev–Trinajstić information content (AvgIpc) is 2.70. The van der Waals surface area contributed by atoms with Crippen molar-refractivity contribution in [3.8, 4) is 0 Å². The van der Waals surface area contributed by atoms with Crippen molar-refractivity contribution in [1.29, 1.82) is 0 Å². The fourth-order valence-electron chi connectivity index (χ4n) is 3.09. The first-order valence-electron chi connectivity index (χ1n) is 9.13. The first-order valence-corrected chi connectivity index (χ1v) is 11.9. The molecule has 0 radical (unpaired) electrons. The maximum atomic E-state index is 13.3. The molecule has 0 bridgehead atoms. The average molecular weight is 519 g/mol. The number of hydrogen-bond acceptors (Lipinski definition) is 3. The van der Waals surface area contributed by atoms with E-state index in [2.05, 4.69) is 27.9 Å².